The van der Waals surface area contributed by atoms with Crippen molar-refractivity contribution >= 4 is 0 Å². The van der Waals surface area contributed by atoms with Gasteiger partial charge in [-0.2, -0.15) is 0 Å². The monoisotopic (exact) mass is 258 g/mol. The van der Waals surface area contributed by atoms with Crippen LogP contribution in [0, 0.1) is 5.92 Å². The second kappa shape index (κ2) is 7.43. The topological polar surface area (TPSA) is 43.5 Å². The number of rotatable bonds is 8. The third-order valence-corrected chi connectivity index (χ3v) is 3.30. The highest BCUT2D eigenvalue weighted by Crippen LogP contribution is 2.31. The van der Waals surface area contributed by atoms with E-state index in [0.717, 1.165) is 19.1 Å². The van der Waals surface area contributed by atoms with Crippen LogP contribution in [0.5, 0.6) is 0 Å². The second-order valence-electron chi connectivity index (χ2n) is 5.44. The van der Waals surface area contributed by atoms with Gasteiger partial charge in [0.15, 0.2) is 0 Å². The number of ether oxygens (including phenoxy) is 4. The summed E-state index contributed by atoms with van der Waals surface area (Å²) >= 11 is 0. The van der Waals surface area contributed by atoms with Crippen LogP contribution >= 0.6 is 0 Å². The molecule has 0 radical (unpaired) electrons. The van der Waals surface area contributed by atoms with Crippen molar-refractivity contribution in [2.24, 2.45) is 5.92 Å². The Morgan fingerprint density at radius 1 is 1.11 bits per heavy atom. The van der Waals surface area contributed by atoms with Gasteiger partial charge in [0.05, 0.1) is 39.1 Å². The van der Waals surface area contributed by atoms with E-state index in [2.05, 4.69) is 6.92 Å². The van der Waals surface area contributed by atoms with Crippen LogP contribution < -0.4 is 0 Å². The van der Waals surface area contributed by atoms with Gasteiger partial charge in [0, 0.05) is 0 Å². The standard InChI is InChI=1S/C9H16O4.C5H10/c1-7(11-4-9-6-13-9)2-10-3-8-5-12-8;1-2-5-3-4-5/h7-9H,2-6H2,1H3;5H,2-4H2,1H3. The van der Waals surface area contributed by atoms with Crippen molar-refractivity contribution in [2.45, 2.75) is 51.4 Å². The minimum Gasteiger partial charge on any atom is -0.376 e. The second-order valence-corrected chi connectivity index (χ2v) is 5.44. The van der Waals surface area contributed by atoms with Gasteiger partial charge in [-0.15, -0.1) is 0 Å². The van der Waals surface area contributed by atoms with Crippen LogP contribution in [0.25, 0.3) is 0 Å². The van der Waals surface area contributed by atoms with Gasteiger partial charge >= 0.3 is 0 Å². The third-order valence-electron chi connectivity index (χ3n) is 3.30. The molecule has 3 atom stereocenters. The van der Waals surface area contributed by atoms with Gasteiger partial charge in [-0.25, -0.2) is 0 Å². The van der Waals surface area contributed by atoms with E-state index >= 15 is 0 Å². The smallest absolute Gasteiger partial charge is 0.104 e. The van der Waals surface area contributed by atoms with Gasteiger partial charge in [-0.05, 0) is 12.8 Å². The Bertz CT molecular complexity index is 222. The van der Waals surface area contributed by atoms with Crippen LogP contribution in [0.1, 0.15) is 33.1 Å². The van der Waals surface area contributed by atoms with E-state index in [1.54, 1.807) is 0 Å². The zero-order chi connectivity index (χ0) is 12.8. The lowest BCUT2D eigenvalue weighted by Crippen LogP contribution is -2.19. The molecule has 18 heavy (non-hydrogen) atoms. The van der Waals surface area contributed by atoms with Crippen molar-refractivity contribution in [3.8, 4) is 0 Å². The molecule has 4 heteroatoms. The molecular weight excluding hydrogens is 232 g/mol. The van der Waals surface area contributed by atoms with Crippen LogP contribution in [-0.2, 0) is 18.9 Å². The van der Waals surface area contributed by atoms with E-state index in [9.17, 15) is 0 Å². The number of epoxide rings is 2. The highest BCUT2D eigenvalue weighted by molar-refractivity contribution is 4.70. The third kappa shape index (κ3) is 7.31. The Morgan fingerprint density at radius 3 is 2.17 bits per heavy atom. The van der Waals surface area contributed by atoms with Crippen molar-refractivity contribution in [3.05, 3.63) is 0 Å². The molecule has 106 valence electrons. The largest absolute Gasteiger partial charge is 0.376 e. The molecule has 1 aliphatic carbocycles. The Kier molecular flexibility index (Phi) is 5.89. The van der Waals surface area contributed by atoms with Crippen molar-refractivity contribution in [2.75, 3.05) is 33.0 Å². The van der Waals surface area contributed by atoms with Crippen LogP contribution in [0.4, 0.5) is 0 Å². The molecule has 0 aromatic carbocycles. The first kappa shape index (κ1) is 14.3. The molecule has 0 amide bonds. The summed E-state index contributed by atoms with van der Waals surface area (Å²) in [5.74, 6) is 1.13. The molecule has 1 saturated carbocycles. The SMILES string of the molecule is CC(COCC1CO1)OCC1CO1.CCC1CC1. The average molecular weight is 258 g/mol. The van der Waals surface area contributed by atoms with Crippen LogP contribution in [0.15, 0.2) is 0 Å². The molecule has 2 aliphatic heterocycles. The van der Waals surface area contributed by atoms with Crippen molar-refractivity contribution in [1.29, 1.82) is 0 Å². The van der Waals surface area contributed by atoms with Crippen molar-refractivity contribution < 1.29 is 18.9 Å². The van der Waals surface area contributed by atoms with Gasteiger partial charge in [-0.1, -0.05) is 26.2 Å². The molecule has 0 N–H and O–H groups in total. The molecule has 4 nitrogen and oxygen atoms in total. The highest BCUT2D eigenvalue weighted by Gasteiger charge is 2.24. The summed E-state index contributed by atoms with van der Waals surface area (Å²) in [4.78, 5) is 0. The summed E-state index contributed by atoms with van der Waals surface area (Å²) < 4.78 is 20.9. The summed E-state index contributed by atoms with van der Waals surface area (Å²) in [5, 5.41) is 0. The minimum absolute atomic E-state index is 0.156. The summed E-state index contributed by atoms with van der Waals surface area (Å²) in [6.45, 7) is 8.02. The van der Waals surface area contributed by atoms with Gasteiger partial charge in [0.2, 0.25) is 0 Å². The molecule has 2 heterocycles. The van der Waals surface area contributed by atoms with Gasteiger partial charge in [-0.3, -0.25) is 0 Å². The maximum absolute atomic E-state index is 5.48. The molecule has 0 bridgehead atoms. The molecule has 3 unspecified atom stereocenters. The highest BCUT2D eigenvalue weighted by atomic mass is 16.6. The van der Waals surface area contributed by atoms with Gasteiger partial charge in [0.25, 0.3) is 0 Å². The van der Waals surface area contributed by atoms with Crippen molar-refractivity contribution in [3.63, 3.8) is 0 Å². The van der Waals surface area contributed by atoms with Crippen LogP contribution in [0.3, 0.4) is 0 Å². The molecule has 0 aromatic heterocycles. The molecule has 0 spiro atoms. The molecule has 2 saturated heterocycles. The predicted molar refractivity (Wildman–Crippen MR) is 68.7 cm³/mol. The van der Waals surface area contributed by atoms with E-state index in [-0.39, 0.29) is 6.10 Å². The van der Waals surface area contributed by atoms with Gasteiger partial charge in [0.1, 0.15) is 12.2 Å². The molecule has 3 rings (SSSR count). The lowest BCUT2D eigenvalue weighted by atomic mass is 10.3. The van der Waals surface area contributed by atoms with E-state index in [4.69, 9.17) is 18.9 Å². The summed E-state index contributed by atoms with van der Waals surface area (Å²) in [6.07, 6.45) is 5.28. The predicted octanol–water partition coefficient (Wildman–Crippen LogP) is 2.01. The molecule has 3 aliphatic rings. The lowest BCUT2D eigenvalue weighted by Gasteiger charge is -2.11. The summed E-state index contributed by atoms with van der Waals surface area (Å²) in [7, 11) is 0. The average Bonchev–Trinajstić information content (AvgIpc) is 3.24. The lowest BCUT2D eigenvalue weighted by molar-refractivity contribution is -0.0146. The van der Waals surface area contributed by atoms with E-state index in [1.165, 1.54) is 19.3 Å². The fourth-order valence-electron chi connectivity index (χ4n) is 1.54. The van der Waals surface area contributed by atoms with E-state index in [1.807, 2.05) is 6.92 Å². The molecule has 3 fully saturated rings. The zero-order valence-electron chi connectivity index (χ0n) is 11.6. The van der Waals surface area contributed by atoms with Crippen molar-refractivity contribution in [1.82, 2.24) is 0 Å². The molecule has 0 aromatic rings. The first-order chi connectivity index (χ1) is 8.78. The first-order valence-corrected chi connectivity index (χ1v) is 7.20. The maximum Gasteiger partial charge on any atom is 0.104 e. The minimum atomic E-state index is 0.156. The number of hydrogen-bond acceptors (Lipinski definition) is 4. The number of hydrogen-bond donors (Lipinski definition) is 0. The Hall–Kier alpha value is -0.160. The van der Waals surface area contributed by atoms with Gasteiger partial charge < -0.3 is 18.9 Å². The molecular formula is C14H26O4. The summed E-state index contributed by atoms with van der Waals surface area (Å²) in [6, 6.07) is 0. The van der Waals surface area contributed by atoms with Crippen LogP contribution in [-0.4, -0.2) is 51.3 Å². The first-order valence-electron chi connectivity index (χ1n) is 7.20. The Labute approximate surface area is 110 Å². The Balaban J connectivity index is 0.000000202. The van der Waals surface area contributed by atoms with E-state index in [0.29, 0.717) is 32.0 Å². The maximum atomic E-state index is 5.48. The Morgan fingerprint density at radius 2 is 1.72 bits per heavy atom. The van der Waals surface area contributed by atoms with Crippen LogP contribution in [0.2, 0.25) is 0 Å². The normalized spacial score (nSPS) is 30.3. The zero-order valence-corrected chi connectivity index (χ0v) is 11.6. The summed E-state index contributed by atoms with van der Waals surface area (Å²) in [5.41, 5.74) is 0. The fraction of sp³-hybridized carbons (Fsp3) is 1.00. The van der Waals surface area contributed by atoms with E-state index < -0.39 is 0 Å². The fourth-order valence-corrected chi connectivity index (χ4v) is 1.54. The quantitative estimate of drug-likeness (QED) is 0.625.